The van der Waals surface area contributed by atoms with Crippen LogP contribution >= 0.6 is 11.6 Å². The van der Waals surface area contributed by atoms with E-state index in [4.69, 9.17) is 11.6 Å². The van der Waals surface area contributed by atoms with Gasteiger partial charge in [-0.1, -0.05) is 41.9 Å². The Morgan fingerprint density at radius 3 is 2.19 bits per heavy atom. The molecule has 0 bridgehead atoms. The smallest absolute Gasteiger partial charge is 0.333 e. The van der Waals surface area contributed by atoms with Crippen molar-refractivity contribution in [3.05, 3.63) is 97.1 Å². The van der Waals surface area contributed by atoms with Gasteiger partial charge in [0.05, 0.1) is 0 Å². The monoisotopic (exact) mass is 439 g/mol. The number of rotatable bonds is 3. The van der Waals surface area contributed by atoms with Gasteiger partial charge in [-0.2, -0.15) is 5.10 Å². The molecule has 0 radical (unpaired) electrons. The second-order valence-corrected chi connectivity index (χ2v) is 7.41. The maximum atomic E-state index is 13.0. The van der Waals surface area contributed by atoms with Crippen molar-refractivity contribution in [1.29, 1.82) is 0 Å². The first-order chi connectivity index (χ1) is 14.8. The lowest BCUT2D eigenvalue weighted by molar-refractivity contribution is -0.0360. The predicted octanol–water partition coefficient (Wildman–Crippen LogP) is 2.04. The Balaban J connectivity index is 1.98. The van der Waals surface area contributed by atoms with Gasteiger partial charge in [0.2, 0.25) is 5.88 Å². The van der Waals surface area contributed by atoms with Crippen molar-refractivity contribution in [2.24, 2.45) is 24.3 Å². The molecular weight excluding hydrogens is 422 g/mol. The van der Waals surface area contributed by atoms with E-state index in [1.807, 2.05) is 6.07 Å². The Kier molecular flexibility index (Phi) is 5.22. The standard InChI is InChI=1S/C21H18ClN5O4/c1-25-19(28)15(20(29)26(2)21(25)30)17-16(12-6-4-3-5-7-12)23-24-18(27(17)31)13-8-10-14(22)11-9-13/h3-11,17,28,31H,1-2H3/t17-/m0/s1. The van der Waals surface area contributed by atoms with Gasteiger partial charge in [0.1, 0.15) is 17.3 Å². The summed E-state index contributed by atoms with van der Waals surface area (Å²) in [5, 5.41) is 31.6. The van der Waals surface area contributed by atoms with Crippen LogP contribution in [-0.2, 0) is 14.1 Å². The third-order valence-corrected chi connectivity index (χ3v) is 5.34. The molecule has 1 atom stereocenters. The zero-order chi connectivity index (χ0) is 22.3. The largest absolute Gasteiger partial charge is 0.494 e. The van der Waals surface area contributed by atoms with Crippen LogP contribution in [0.25, 0.3) is 0 Å². The number of nitrogens with zero attached hydrogens (tertiary/aromatic N) is 5. The first-order valence-corrected chi connectivity index (χ1v) is 9.63. The summed E-state index contributed by atoms with van der Waals surface area (Å²) < 4.78 is 1.79. The van der Waals surface area contributed by atoms with Crippen LogP contribution in [0.1, 0.15) is 22.7 Å². The molecule has 2 N–H and O–H groups in total. The summed E-state index contributed by atoms with van der Waals surface area (Å²) in [6.45, 7) is 0. The Labute approximate surface area is 181 Å². The molecule has 0 unspecified atom stereocenters. The highest BCUT2D eigenvalue weighted by molar-refractivity contribution is 6.30. The average Bonchev–Trinajstić information content (AvgIpc) is 2.79. The second-order valence-electron chi connectivity index (χ2n) is 6.97. The fourth-order valence-corrected chi connectivity index (χ4v) is 3.54. The first kappa shape index (κ1) is 20.6. The highest BCUT2D eigenvalue weighted by atomic mass is 35.5. The van der Waals surface area contributed by atoms with Crippen molar-refractivity contribution in [2.75, 3.05) is 0 Å². The minimum Gasteiger partial charge on any atom is -0.494 e. The number of hydrogen-bond donors (Lipinski definition) is 2. The number of aromatic nitrogens is 2. The normalized spacial score (nSPS) is 16.1. The summed E-state index contributed by atoms with van der Waals surface area (Å²) in [4.78, 5) is 25.2. The van der Waals surface area contributed by atoms with Gasteiger partial charge in [-0.05, 0) is 24.3 Å². The summed E-state index contributed by atoms with van der Waals surface area (Å²) in [6.07, 6.45) is 0. The van der Waals surface area contributed by atoms with E-state index < -0.39 is 23.2 Å². The molecule has 0 amide bonds. The van der Waals surface area contributed by atoms with Crippen LogP contribution in [0.4, 0.5) is 0 Å². The van der Waals surface area contributed by atoms with Gasteiger partial charge in [0.25, 0.3) is 5.56 Å². The molecule has 0 fully saturated rings. The Morgan fingerprint density at radius 1 is 0.903 bits per heavy atom. The molecule has 0 saturated carbocycles. The van der Waals surface area contributed by atoms with Gasteiger partial charge in [0, 0.05) is 30.2 Å². The van der Waals surface area contributed by atoms with E-state index in [1.54, 1.807) is 48.5 Å². The summed E-state index contributed by atoms with van der Waals surface area (Å²) in [5.74, 6) is -0.519. The molecule has 1 aliphatic rings. The highest BCUT2D eigenvalue weighted by Gasteiger charge is 2.38. The molecule has 2 heterocycles. The summed E-state index contributed by atoms with van der Waals surface area (Å²) in [7, 11) is 2.63. The number of benzene rings is 2. The Bertz CT molecular complexity index is 1330. The molecule has 1 aliphatic heterocycles. The van der Waals surface area contributed by atoms with Crippen LogP contribution in [0.2, 0.25) is 5.02 Å². The Hall–Kier alpha value is -3.69. The van der Waals surface area contributed by atoms with Crippen molar-refractivity contribution >= 4 is 23.1 Å². The number of hydrogen-bond acceptors (Lipinski definition) is 7. The predicted molar refractivity (Wildman–Crippen MR) is 116 cm³/mol. The van der Waals surface area contributed by atoms with Crippen LogP contribution in [0, 0.1) is 0 Å². The fraction of sp³-hybridized carbons (Fsp3) is 0.143. The van der Waals surface area contributed by atoms with Crippen molar-refractivity contribution in [2.45, 2.75) is 6.04 Å². The third kappa shape index (κ3) is 3.43. The molecule has 0 spiro atoms. The summed E-state index contributed by atoms with van der Waals surface area (Å²) in [5.41, 5.74) is -0.362. The van der Waals surface area contributed by atoms with E-state index in [0.29, 0.717) is 16.1 Å². The zero-order valence-corrected chi connectivity index (χ0v) is 17.4. The van der Waals surface area contributed by atoms with Gasteiger partial charge in [-0.15, -0.1) is 5.10 Å². The lowest BCUT2D eigenvalue weighted by Crippen LogP contribution is -2.46. The lowest BCUT2D eigenvalue weighted by atomic mass is 9.96. The summed E-state index contributed by atoms with van der Waals surface area (Å²) in [6, 6.07) is 14.1. The fourth-order valence-electron chi connectivity index (χ4n) is 3.41. The maximum Gasteiger partial charge on any atom is 0.333 e. The van der Waals surface area contributed by atoms with E-state index in [1.165, 1.54) is 14.1 Å². The third-order valence-electron chi connectivity index (χ3n) is 5.09. The molecule has 0 saturated heterocycles. The zero-order valence-electron chi connectivity index (χ0n) is 16.6. The van der Waals surface area contributed by atoms with E-state index in [0.717, 1.165) is 14.2 Å². The molecule has 2 aromatic carbocycles. The van der Waals surface area contributed by atoms with Crippen LogP contribution in [0.3, 0.4) is 0 Å². The molecule has 4 rings (SSSR count). The highest BCUT2D eigenvalue weighted by Crippen LogP contribution is 2.32. The van der Waals surface area contributed by atoms with E-state index in [2.05, 4.69) is 10.2 Å². The molecular formula is C21H18ClN5O4. The molecule has 10 heteroatoms. The van der Waals surface area contributed by atoms with Crippen molar-refractivity contribution < 1.29 is 10.3 Å². The number of amidine groups is 1. The molecule has 0 aliphatic carbocycles. The van der Waals surface area contributed by atoms with Gasteiger partial charge < -0.3 is 5.11 Å². The van der Waals surface area contributed by atoms with Gasteiger partial charge in [0.15, 0.2) is 5.84 Å². The van der Waals surface area contributed by atoms with Crippen LogP contribution in [0.15, 0.2) is 74.4 Å². The van der Waals surface area contributed by atoms with Crippen LogP contribution < -0.4 is 11.2 Å². The molecule has 1 aromatic heterocycles. The van der Waals surface area contributed by atoms with E-state index >= 15 is 0 Å². The molecule has 9 nitrogen and oxygen atoms in total. The maximum absolute atomic E-state index is 13.0. The second kappa shape index (κ2) is 7.86. The van der Waals surface area contributed by atoms with Gasteiger partial charge in [-0.3, -0.25) is 19.1 Å². The van der Waals surface area contributed by atoms with Gasteiger partial charge in [-0.25, -0.2) is 9.86 Å². The van der Waals surface area contributed by atoms with Crippen LogP contribution in [-0.4, -0.2) is 36.1 Å². The SMILES string of the molecule is Cn1c(O)c([C@H]2C(c3ccccc3)=NN=C(c3ccc(Cl)cc3)N2O)c(=O)n(C)c1=O. The lowest BCUT2D eigenvalue weighted by Gasteiger charge is -2.32. The quantitative estimate of drug-likeness (QED) is 0.648. The van der Waals surface area contributed by atoms with Crippen molar-refractivity contribution in [1.82, 2.24) is 14.2 Å². The Morgan fingerprint density at radius 2 is 1.55 bits per heavy atom. The molecule has 158 valence electrons. The van der Waals surface area contributed by atoms with Gasteiger partial charge >= 0.3 is 5.69 Å². The van der Waals surface area contributed by atoms with Crippen LogP contribution in [0.5, 0.6) is 5.88 Å². The number of hydroxylamine groups is 2. The first-order valence-electron chi connectivity index (χ1n) is 9.25. The summed E-state index contributed by atoms with van der Waals surface area (Å²) >= 11 is 5.95. The van der Waals surface area contributed by atoms with E-state index in [-0.39, 0.29) is 17.1 Å². The minimum atomic E-state index is -1.23. The van der Waals surface area contributed by atoms with Crippen molar-refractivity contribution in [3.8, 4) is 5.88 Å². The number of halogens is 1. The molecule has 31 heavy (non-hydrogen) atoms. The minimum absolute atomic E-state index is 0.0525. The van der Waals surface area contributed by atoms with E-state index in [9.17, 15) is 19.9 Å². The van der Waals surface area contributed by atoms with Crippen molar-refractivity contribution in [3.63, 3.8) is 0 Å². The molecule has 3 aromatic rings. The topological polar surface area (TPSA) is 112 Å². The number of aromatic hydroxyl groups is 1. The average molecular weight is 440 g/mol.